The quantitative estimate of drug-likeness (QED) is 0.900. The molecule has 1 fully saturated rings. The lowest BCUT2D eigenvalue weighted by atomic mass is 10.1. The highest BCUT2D eigenvalue weighted by atomic mass is 32.1. The predicted molar refractivity (Wildman–Crippen MR) is 87.0 cm³/mol. The minimum Gasteiger partial charge on any atom is -0.454 e. The van der Waals surface area contributed by atoms with E-state index in [2.05, 4.69) is 15.6 Å². The number of nitrogens with one attached hydrogen (secondary N) is 2. The van der Waals surface area contributed by atoms with Crippen molar-refractivity contribution >= 4 is 17.2 Å². The van der Waals surface area contributed by atoms with Gasteiger partial charge in [-0.25, -0.2) is 4.98 Å². The van der Waals surface area contributed by atoms with Crippen molar-refractivity contribution in [3.63, 3.8) is 0 Å². The van der Waals surface area contributed by atoms with Crippen molar-refractivity contribution in [3.05, 3.63) is 29.3 Å². The second-order valence-corrected chi connectivity index (χ2v) is 6.65. The number of aromatic nitrogens is 1. The van der Waals surface area contributed by atoms with Gasteiger partial charge in [0, 0.05) is 18.2 Å². The fourth-order valence-electron chi connectivity index (χ4n) is 2.77. The minimum absolute atomic E-state index is 0.0526. The number of hydrogen-bond donors (Lipinski definition) is 2. The molecule has 4 rings (SSSR count). The van der Waals surface area contributed by atoms with Gasteiger partial charge in [0.15, 0.2) is 11.5 Å². The third-order valence-electron chi connectivity index (χ3n) is 3.98. The Bertz CT molecular complexity index is 725. The van der Waals surface area contributed by atoms with Crippen molar-refractivity contribution in [1.29, 1.82) is 0 Å². The molecule has 1 aromatic heterocycles. The largest absolute Gasteiger partial charge is 0.454 e. The molecule has 2 aliphatic heterocycles. The number of carbonyl (C=O) groups excluding carboxylic acids is 1. The second kappa shape index (κ2) is 6.17. The number of piperidine rings is 1. The Kier molecular flexibility index (Phi) is 3.88. The Morgan fingerprint density at radius 1 is 1.35 bits per heavy atom. The molecule has 23 heavy (non-hydrogen) atoms. The van der Waals surface area contributed by atoms with Crippen LogP contribution in [-0.2, 0) is 0 Å². The Labute approximate surface area is 137 Å². The molecule has 0 saturated carbocycles. The van der Waals surface area contributed by atoms with E-state index in [4.69, 9.17) is 9.47 Å². The van der Waals surface area contributed by atoms with Crippen LogP contribution in [0.25, 0.3) is 10.6 Å². The van der Waals surface area contributed by atoms with Crippen LogP contribution in [0.15, 0.2) is 24.4 Å². The summed E-state index contributed by atoms with van der Waals surface area (Å²) >= 11 is 1.39. The van der Waals surface area contributed by atoms with E-state index in [9.17, 15) is 4.79 Å². The van der Waals surface area contributed by atoms with Gasteiger partial charge in [0.05, 0.1) is 6.20 Å². The summed E-state index contributed by atoms with van der Waals surface area (Å²) in [4.78, 5) is 17.3. The van der Waals surface area contributed by atoms with Crippen LogP contribution in [0.1, 0.15) is 22.5 Å². The van der Waals surface area contributed by atoms with Crippen LogP contribution < -0.4 is 20.1 Å². The van der Waals surface area contributed by atoms with Crippen LogP contribution in [-0.4, -0.2) is 36.8 Å². The molecule has 1 aromatic carbocycles. The van der Waals surface area contributed by atoms with Crippen LogP contribution in [0.2, 0.25) is 0 Å². The van der Waals surface area contributed by atoms with E-state index in [1.165, 1.54) is 11.3 Å². The summed E-state index contributed by atoms with van der Waals surface area (Å²) < 4.78 is 10.7. The van der Waals surface area contributed by atoms with E-state index in [0.717, 1.165) is 48.0 Å². The van der Waals surface area contributed by atoms with E-state index in [-0.39, 0.29) is 18.7 Å². The molecule has 0 aliphatic carbocycles. The maximum Gasteiger partial charge on any atom is 0.263 e. The monoisotopic (exact) mass is 331 g/mol. The Hall–Kier alpha value is -2.12. The molecule has 2 aromatic rings. The van der Waals surface area contributed by atoms with Gasteiger partial charge >= 0.3 is 0 Å². The topological polar surface area (TPSA) is 72.5 Å². The summed E-state index contributed by atoms with van der Waals surface area (Å²) in [7, 11) is 0. The molecular formula is C16H17N3O3S. The number of hydrogen-bond acceptors (Lipinski definition) is 6. The SMILES string of the molecule is O=C(N[C@H]1CCCNC1)c1cnc(-c2ccc3c(c2)OCO3)s1. The van der Waals surface area contributed by atoms with Crippen molar-refractivity contribution in [2.24, 2.45) is 0 Å². The third-order valence-corrected chi connectivity index (χ3v) is 5.03. The minimum atomic E-state index is -0.0526. The Morgan fingerprint density at radius 3 is 3.13 bits per heavy atom. The molecule has 1 amide bonds. The lowest BCUT2D eigenvalue weighted by molar-refractivity contribution is 0.0934. The zero-order valence-corrected chi connectivity index (χ0v) is 13.3. The maximum absolute atomic E-state index is 12.3. The first-order valence-corrected chi connectivity index (χ1v) is 8.49. The second-order valence-electron chi connectivity index (χ2n) is 5.61. The number of amides is 1. The number of benzene rings is 1. The van der Waals surface area contributed by atoms with Gasteiger partial charge in [-0.3, -0.25) is 4.79 Å². The van der Waals surface area contributed by atoms with Gasteiger partial charge in [0.1, 0.15) is 9.88 Å². The number of ether oxygens (including phenoxy) is 2. The molecule has 3 heterocycles. The van der Waals surface area contributed by atoms with E-state index in [1.54, 1.807) is 6.20 Å². The van der Waals surface area contributed by atoms with Crippen LogP contribution >= 0.6 is 11.3 Å². The number of rotatable bonds is 3. The van der Waals surface area contributed by atoms with E-state index in [1.807, 2.05) is 18.2 Å². The number of carbonyl (C=O) groups is 1. The standard InChI is InChI=1S/C16H17N3O3S/c20-15(19-11-2-1-5-17-7-11)14-8-18-16(23-14)10-3-4-12-13(6-10)22-9-21-12/h3-4,6,8,11,17H,1-2,5,7,9H2,(H,19,20)/t11-/m0/s1. The highest BCUT2D eigenvalue weighted by Crippen LogP contribution is 2.36. The molecule has 0 spiro atoms. The molecule has 120 valence electrons. The van der Waals surface area contributed by atoms with Gasteiger partial charge in [-0.05, 0) is 37.6 Å². The molecule has 2 aliphatic rings. The van der Waals surface area contributed by atoms with Crippen molar-refractivity contribution in [2.75, 3.05) is 19.9 Å². The fourth-order valence-corrected chi connectivity index (χ4v) is 3.59. The third kappa shape index (κ3) is 3.02. The molecule has 0 radical (unpaired) electrons. The predicted octanol–water partition coefficient (Wildman–Crippen LogP) is 2.02. The van der Waals surface area contributed by atoms with Gasteiger partial charge in [0.2, 0.25) is 6.79 Å². The van der Waals surface area contributed by atoms with Gasteiger partial charge in [-0.1, -0.05) is 0 Å². The molecule has 1 saturated heterocycles. The molecule has 2 N–H and O–H groups in total. The first-order valence-electron chi connectivity index (χ1n) is 7.67. The summed E-state index contributed by atoms with van der Waals surface area (Å²) in [6, 6.07) is 5.90. The van der Waals surface area contributed by atoms with Gasteiger partial charge in [0.25, 0.3) is 5.91 Å². The van der Waals surface area contributed by atoms with Crippen molar-refractivity contribution in [2.45, 2.75) is 18.9 Å². The fraction of sp³-hybridized carbons (Fsp3) is 0.375. The van der Waals surface area contributed by atoms with Gasteiger partial charge in [-0.15, -0.1) is 11.3 Å². The Balaban J connectivity index is 1.48. The van der Waals surface area contributed by atoms with Crippen molar-refractivity contribution in [1.82, 2.24) is 15.6 Å². The highest BCUT2D eigenvalue weighted by molar-refractivity contribution is 7.16. The molecule has 6 nitrogen and oxygen atoms in total. The smallest absolute Gasteiger partial charge is 0.263 e. The first kappa shape index (κ1) is 14.5. The zero-order valence-electron chi connectivity index (χ0n) is 12.5. The van der Waals surface area contributed by atoms with Gasteiger partial charge in [-0.2, -0.15) is 0 Å². The van der Waals surface area contributed by atoms with Crippen molar-refractivity contribution < 1.29 is 14.3 Å². The first-order chi connectivity index (χ1) is 11.3. The van der Waals surface area contributed by atoms with Crippen LogP contribution in [0.4, 0.5) is 0 Å². The highest BCUT2D eigenvalue weighted by Gasteiger charge is 2.19. The average Bonchev–Trinajstić information content (AvgIpc) is 3.24. The van der Waals surface area contributed by atoms with E-state index < -0.39 is 0 Å². The number of nitrogens with zero attached hydrogens (tertiary/aromatic N) is 1. The van der Waals surface area contributed by atoms with Gasteiger partial charge < -0.3 is 20.1 Å². The van der Waals surface area contributed by atoms with E-state index >= 15 is 0 Å². The number of thiazole rings is 1. The normalized spacial score (nSPS) is 19.6. The van der Waals surface area contributed by atoms with E-state index in [0.29, 0.717) is 4.88 Å². The molecular weight excluding hydrogens is 314 g/mol. The summed E-state index contributed by atoms with van der Waals surface area (Å²) in [5.41, 5.74) is 0.928. The summed E-state index contributed by atoms with van der Waals surface area (Å²) in [5, 5.41) is 7.16. The van der Waals surface area contributed by atoms with Crippen LogP contribution in [0.3, 0.4) is 0 Å². The zero-order chi connectivity index (χ0) is 15.6. The Morgan fingerprint density at radius 2 is 2.26 bits per heavy atom. The van der Waals surface area contributed by atoms with Crippen molar-refractivity contribution in [3.8, 4) is 22.1 Å². The molecule has 7 heteroatoms. The summed E-state index contributed by atoms with van der Waals surface area (Å²) in [6.45, 7) is 2.11. The lowest BCUT2D eigenvalue weighted by Crippen LogP contribution is -2.45. The van der Waals surface area contributed by atoms with Crippen LogP contribution in [0, 0.1) is 0 Å². The van der Waals surface area contributed by atoms with Crippen LogP contribution in [0.5, 0.6) is 11.5 Å². The average molecular weight is 331 g/mol. The number of fused-ring (bicyclic) bond motifs is 1. The summed E-state index contributed by atoms with van der Waals surface area (Å²) in [6.07, 6.45) is 3.75. The molecule has 0 bridgehead atoms. The lowest BCUT2D eigenvalue weighted by Gasteiger charge is -2.23. The molecule has 0 unspecified atom stereocenters. The summed E-state index contributed by atoms with van der Waals surface area (Å²) in [5.74, 6) is 1.41. The molecule has 1 atom stereocenters. The maximum atomic E-state index is 12.3.